The number of rotatable bonds is 6. The van der Waals surface area contributed by atoms with Crippen molar-refractivity contribution >= 4 is 12.2 Å². The van der Waals surface area contributed by atoms with E-state index in [0.29, 0.717) is 22.6 Å². The van der Waals surface area contributed by atoms with Crippen molar-refractivity contribution in [2.75, 3.05) is 14.2 Å². The van der Waals surface area contributed by atoms with Crippen LogP contribution in [0.15, 0.2) is 30.3 Å². The zero-order valence-electron chi connectivity index (χ0n) is 13.1. The average molecular weight is 316 g/mol. The van der Waals surface area contributed by atoms with Gasteiger partial charge in [0.05, 0.1) is 27.4 Å². The van der Waals surface area contributed by atoms with Gasteiger partial charge in [0.25, 0.3) is 0 Å². The van der Waals surface area contributed by atoms with Gasteiger partial charge in [0, 0.05) is 5.56 Å². The largest absolute Gasteiger partial charge is 0.504 e. The first-order valence-corrected chi connectivity index (χ1v) is 7.09. The van der Waals surface area contributed by atoms with E-state index in [1.165, 1.54) is 14.2 Å². The fraction of sp³-hybridized carbons (Fsp3) is 0.222. The maximum atomic E-state index is 9.60. The number of methoxy groups -OCH3 is 2. The van der Waals surface area contributed by atoms with E-state index in [-0.39, 0.29) is 19.0 Å². The minimum Gasteiger partial charge on any atom is -0.504 e. The Bertz CT molecular complexity index is 682. The molecule has 2 rings (SSSR count). The first-order valence-electron chi connectivity index (χ1n) is 7.09. The van der Waals surface area contributed by atoms with Gasteiger partial charge < -0.3 is 24.8 Å². The van der Waals surface area contributed by atoms with Crippen LogP contribution in [0.5, 0.6) is 17.2 Å². The summed E-state index contributed by atoms with van der Waals surface area (Å²) in [7, 11) is 3.02. The van der Waals surface area contributed by atoms with E-state index in [1.54, 1.807) is 30.3 Å². The predicted octanol–water partition coefficient (Wildman–Crippen LogP) is 2.56. The van der Waals surface area contributed by atoms with Gasteiger partial charge in [-0.05, 0) is 41.0 Å². The minimum atomic E-state index is -0.196. The van der Waals surface area contributed by atoms with Crippen molar-refractivity contribution in [1.29, 1.82) is 0 Å². The molecule has 2 aromatic carbocycles. The number of benzene rings is 2. The van der Waals surface area contributed by atoms with E-state index < -0.39 is 0 Å². The topological polar surface area (TPSA) is 79.2 Å². The van der Waals surface area contributed by atoms with E-state index in [1.807, 2.05) is 12.2 Å². The highest BCUT2D eigenvalue weighted by molar-refractivity contribution is 5.72. The van der Waals surface area contributed by atoms with Crippen LogP contribution in [0.2, 0.25) is 0 Å². The van der Waals surface area contributed by atoms with Crippen LogP contribution in [0, 0.1) is 0 Å². The Balaban J connectivity index is 2.35. The lowest BCUT2D eigenvalue weighted by Gasteiger charge is -2.12. The predicted molar refractivity (Wildman–Crippen MR) is 88.4 cm³/mol. The average Bonchev–Trinajstić information content (AvgIpc) is 2.59. The van der Waals surface area contributed by atoms with E-state index in [4.69, 9.17) is 9.47 Å². The number of hydrogen-bond acceptors (Lipinski definition) is 5. The lowest BCUT2D eigenvalue weighted by molar-refractivity contribution is 0.254. The summed E-state index contributed by atoms with van der Waals surface area (Å²) in [5.41, 5.74) is 2.89. The van der Waals surface area contributed by atoms with Crippen LogP contribution in [0.4, 0.5) is 0 Å². The second-order valence-electron chi connectivity index (χ2n) is 4.94. The number of phenolic OH excluding ortho intramolecular Hbond substituents is 1. The van der Waals surface area contributed by atoms with Gasteiger partial charge in [-0.25, -0.2) is 0 Å². The molecule has 0 radical (unpaired) electrons. The lowest BCUT2D eigenvalue weighted by atomic mass is 10.0. The number of aliphatic hydroxyl groups excluding tert-OH is 2. The van der Waals surface area contributed by atoms with Crippen molar-refractivity contribution in [1.82, 2.24) is 0 Å². The molecule has 0 atom stereocenters. The molecule has 0 unspecified atom stereocenters. The number of aliphatic hydroxyl groups is 2. The van der Waals surface area contributed by atoms with Crippen LogP contribution in [-0.4, -0.2) is 29.5 Å². The Morgan fingerprint density at radius 2 is 1.52 bits per heavy atom. The van der Waals surface area contributed by atoms with Gasteiger partial charge in [0.1, 0.15) is 5.75 Å². The molecule has 3 N–H and O–H groups in total. The Morgan fingerprint density at radius 1 is 0.870 bits per heavy atom. The van der Waals surface area contributed by atoms with Gasteiger partial charge in [-0.1, -0.05) is 18.2 Å². The molecule has 0 aliphatic heterocycles. The molecular weight excluding hydrogens is 296 g/mol. The molecule has 122 valence electrons. The molecule has 0 heterocycles. The van der Waals surface area contributed by atoms with Crippen molar-refractivity contribution in [3.63, 3.8) is 0 Å². The van der Waals surface area contributed by atoms with Crippen LogP contribution in [0.3, 0.4) is 0 Å². The fourth-order valence-electron chi connectivity index (χ4n) is 2.32. The highest BCUT2D eigenvalue weighted by Gasteiger charge is 2.09. The Labute approximate surface area is 135 Å². The normalized spacial score (nSPS) is 11.0. The Morgan fingerprint density at radius 3 is 2.13 bits per heavy atom. The molecule has 0 aliphatic carbocycles. The van der Waals surface area contributed by atoms with Crippen molar-refractivity contribution in [3.8, 4) is 17.2 Å². The van der Waals surface area contributed by atoms with Gasteiger partial charge in [-0.15, -0.1) is 0 Å². The summed E-state index contributed by atoms with van der Waals surface area (Å²) < 4.78 is 10.3. The molecule has 0 saturated heterocycles. The van der Waals surface area contributed by atoms with Gasteiger partial charge in [0.15, 0.2) is 11.5 Å². The zero-order chi connectivity index (χ0) is 16.8. The molecule has 23 heavy (non-hydrogen) atoms. The summed E-state index contributed by atoms with van der Waals surface area (Å²) in [5.74, 6) is 1.01. The quantitative estimate of drug-likeness (QED) is 0.714. The molecule has 0 fully saturated rings. The second-order valence-corrected chi connectivity index (χ2v) is 4.94. The molecule has 0 bridgehead atoms. The monoisotopic (exact) mass is 316 g/mol. The van der Waals surface area contributed by atoms with Crippen molar-refractivity contribution in [2.45, 2.75) is 13.2 Å². The van der Waals surface area contributed by atoms with Crippen molar-refractivity contribution in [3.05, 3.63) is 52.6 Å². The molecule has 0 amide bonds. The second kappa shape index (κ2) is 7.67. The minimum absolute atomic E-state index is 0.0844. The third kappa shape index (κ3) is 3.83. The first kappa shape index (κ1) is 16.9. The van der Waals surface area contributed by atoms with E-state index in [9.17, 15) is 15.3 Å². The third-order valence-corrected chi connectivity index (χ3v) is 3.54. The molecule has 5 nitrogen and oxygen atoms in total. The highest BCUT2D eigenvalue weighted by atomic mass is 16.5. The summed E-state index contributed by atoms with van der Waals surface area (Å²) in [5, 5.41) is 28.4. The van der Waals surface area contributed by atoms with Crippen LogP contribution in [0.25, 0.3) is 12.2 Å². The third-order valence-electron chi connectivity index (χ3n) is 3.54. The van der Waals surface area contributed by atoms with E-state index in [2.05, 4.69) is 0 Å². The molecular formula is C18H20O5. The Kier molecular flexibility index (Phi) is 5.62. The molecule has 0 spiro atoms. The van der Waals surface area contributed by atoms with Crippen LogP contribution in [0.1, 0.15) is 22.3 Å². The molecule has 0 aliphatic rings. The van der Waals surface area contributed by atoms with Gasteiger partial charge >= 0.3 is 0 Å². The first-order chi connectivity index (χ1) is 11.1. The number of ether oxygens (including phenoxy) is 2. The maximum absolute atomic E-state index is 9.60. The number of hydrogen-bond donors (Lipinski definition) is 3. The molecule has 5 heteroatoms. The lowest BCUT2D eigenvalue weighted by Crippen LogP contribution is -1.99. The molecule has 0 saturated carbocycles. The van der Waals surface area contributed by atoms with Crippen molar-refractivity contribution < 1.29 is 24.8 Å². The van der Waals surface area contributed by atoms with E-state index >= 15 is 0 Å². The maximum Gasteiger partial charge on any atom is 0.161 e. The molecule has 2 aromatic rings. The van der Waals surface area contributed by atoms with Gasteiger partial charge in [-0.2, -0.15) is 0 Å². The number of phenols is 1. The van der Waals surface area contributed by atoms with Crippen molar-refractivity contribution in [2.24, 2.45) is 0 Å². The van der Waals surface area contributed by atoms with Gasteiger partial charge in [0.2, 0.25) is 0 Å². The van der Waals surface area contributed by atoms with Crippen LogP contribution < -0.4 is 9.47 Å². The SMILES string of the molecule is COc1cc(/C=C\c2cc(CO)c(CO)c(OC)c2)ccc1O. The summed E-state index contributed by atoms with van der Waals surface area (Å²) in [4.78, 5) is 0. The van der Waals surface area contributed by atoms with Crippen LogP contribution >= 0.6 is 0 Å². The summed E-state index contributed by atoms with van der Waals surface area (Å²) in [6.07, 6.45) is 3.71. The summed E-state index contributed by atoms with van der Waals surface area (Å²) >= 11 is 0. The molecule has 0 aromatic heterocycles. The van der Waals surface area contributed by atoms with Gasteiger partial charge in [-0.3, -0.25) is 0 Å². The zero-order valence-corrected chi connectivity index (χ0v) is 13.1. The Hall–Kier alpha value is -2.50. The highest BCUT2D eigenvalue weighted by Crippen LogP contribution is 2.28. The summed E-state index contributed by atoms with van der Waals surface area (Å²) in [6.45, 7) is -0.376. The van der Waals surface area contributed by atoms with E-state index in [0.717, 1.165) is 11.1 Å². The number of aromatic hydroxyl groups is 1. The fourth-order valence-corrected chi connectivity index (χ4v) is 2.32. The smallest absolute Gasteiger partial charge is 0.161 e. The standard InChI is InChI=1S/C18H20O5/c1-22-17-9-13(7-14(10-19)15(17)11-20)4-3-12-5-6-16(21)18(8-12)23-2/h3-9,19-21H,10-11H2,1-2H3/b4-3-. The van der Waals surface area contributed by atoms with Crippen LogP contribution in [-0.2, 0) is 13.2 Å². The summed E-state index contributed by atoms with van der Waals surface area (Å²) in [6, 6.07) is 8.63.